The van der Waals surface area contributed by atoms with Gasteiger partial charge in [-0.1, -0.05) is 11.6 Å². The maximum Gasteiger partial charge on any atom is 0.253 e. The van der Waals surface area contributed by atoms with Crippen LogP contribution in [0.1, 0.15) is 24.2 Å². The van der Waals surface area contributed by atoms with E-state index >= 15 is 0 Å². The van der Waals surface area contributed by atoms with E-state index in [-0.39, 0.29) is 12.5 Å². The predicted octanol–water partition coefficient (Wildman–Crippen LogP) is 1.86. The molecule has 1 heterocycles. The normalized spacial score (nSPS) is 10.7. The molecule has 0 spiro atoms. The van der Waals surface area contributed by atoms with E-state index in [2.05, 4.69) is 10.3 Å². The van der Waals surface area contributed by atoms with Crippen molar-refractivity contribution in [1.29, 1.82) is 0 Å². The minimum atomic E-state index is -0.440. The van der Waals surface area contributed by atoms with Gasteiger partial charge in [0.1, 0.15) is 0 Å². The van der Waals surface area contributed by atoms with Crippen molar-refractivity contribution >= 4 is 17.5 Å². The van der Waals surface area contributed by atoms with E-state index in [9.17, 15) is 4.79 Å². The summed E-state index contributed by atoms with van der Waals surface area (Å²) in [7, 11) is 0. The van der Waals surface area contributed by atoms with Crippen LogP contribution in [0, 0.1) is 0 Å². The number of aromatic nitrogens is 1. The minimum Gasteiger partial charge on any atom is -0.351 e. The second kappa shape index (κ2) is 8.02. The maximum absolute atomic E-state index is 11.8. The number of nitrogens with zero attached hydrogens (tertiary/aromatic N) is 1. The highest BCUT2D eigenvalue weighted by Crippen LogP contribution is 2.12. The molecular formula is C12H17ClN2O3. The van der Waals surface area contributed by atoms with E-state index in [0.29, 0.717) is 23.8 Å². The fraction of sp³-hybridized carbons (Fsp3) is 0.500. The van der Waals surface area contributed by atoms with Crippen LogP contribution in [0.3, 0.4) is 0 Å². The molecule has 0 saturated heterocycles. The first-order valence-electron chi connectivity index (χ1n) is 5.79. The van der Waals surface area contributed by atoms with Gasteiger partial charge in [-0.3, -0.25) is 9.78 Å². The van der Waals surface area contributed by atoms with Gasteiger partial charge in [0.05, 0.1) is 17.1 Å². The monoisotopic (exact) mass is 272 g/mol. The first-order chi connectivity index (χ1) is 8.69. The summed E-state index contributed by atoms with van der Waals surface area (Å²) in [5, 5.41) is 3.03. The molecule has 5 nitrogen and oxygen atoms in total. The Balaban J connectivity index is 2.52. The molecule has 0 atom stereocenters. The molecule has 0 saturated carbocycles. The Kier molecular flexibility index (Phi) is 6.64. The smallest absolute Gasteiger partial charge is 0.253 e. The molecule has 0 aromatic carbocycles. The fourth-order valence-corrected chi connectivity index (χ4v) is 1.57. The average molecular weight is 273 g/mol. The molecule has 18 heavy (non-hydrogen) atoms. The summed E-state index contributed by atoms with van der Waals surface area (Å²) >= 11 is 5.87. The molecule has 0 aliphatic rings. The molecule has 0 radical (unpaired) electrons. The molecule has 0 fully saturated rings. The van der Waals surface area contributed by atoms with E-state index in [0.717, 1.165) is 0 Å². The number of hydrogen-bond acceptors (Lipinski definition) is 4. The van der Waals surface area contributed by atoms with Gasteiger partial charge in [0, 0.05) is 25.6 Å². The number of carbonyl (C=O) groups excluding carboxylic acids is 1. The summed E-state index contributed by atoms with van der Waals surface area (Å²) in [6, 6.07) is 1.56. The standard InChI is InChI=1S/C12H17ClN2O3/c1-3-17-11(18-4-2)8-15-12(16)9-5-6-14-7-10(9)13/h5-7,11H,3-4,8H2,1-2H3,(H,15,16). The van der Waals surface area contributed by atoms with Gasteiger partial charge in [0.15, 0.2) is 6.29 Å². The van der Waals surface area contributed by atoms with Crippen LogP contribution < -0.4 is 5.32 Å². The molecule has 1 N–H and O–H groups in total. The van der Waals surface area contributed by atoms with E-state index in [1.165, 1.54) is 12.4 Å². The largest absolute Gasteiger partial charge is 0.351 e. The zero-order valence-electron chi connectivity index (χ0n) is 10.5. The summed E-state index contributed by atoms with van der Waals surface area (Å²) in [5.74, 6) is -0.271. The number of rotatable bonds is 7. The molecule has 1 aromatic heterocycles. The highest BCUT2D eigenvalue weighted by Gasteiger charge is 2.13. The molecule has 0 unspecified atom stereocenters. The lowest BCUT2D eigenvalue weighted by Gasteiger charge is -2.17. The molecule has 0 bridgehead atoms. The Morgan fingerprint density at radius 3 is 2.67 bits per heavy atom. The number of amides is 1. The molecular weight excluding hydrogens is 256 g/mol. The number of nitrogens with one attached hydrogen (secondary N) is 1. The van der Waals surface area contributed by atoms with Crippen molar-refractivity contribution < 1.29 is 14.3 Å². The third kappa shape index (κ3) is 4.60. The Hall–Kier alpha value is -1.17. The van der Waals surface area contributed by atoms with Gasteiger partial charge in [-0.15, -0.1) is 0 Å². The van der Waals surface area contributed by atoms with Crippen molar-refractivity contribution in [1.82, 2.24) is 10.3 Å². The van der Waals surface area contributed by atoms with Gasteiger partial charge in [0.2, 0.25) is 0 Å². The Bertz CT molecular complexity index is 381. The number of pyridine rings is 1. The van der Waals surface area contributed by atoms with Crippen molar-refractivity contribution in [2.24, 2.45) is 0 Å². The average Bonchev–Trinajstić information content (AvgIpc) is 2.36. The van der Waals surface area contributed by atoms with E-state index in [1.807, 2.05) is 13.8 Å². The quantitative estimate of drug-likeness (QED) is 0.770. The second-order valence-corrected chi connectivity index (χ2v) is 3.81. The lowest BCUT2D eigenvalue weighted by Crippen LogP contribution is -2.35. The Morgan fingerprint density at radius 1 is 1.44 bits per heavy atom. The zero-order chi connectivity index (χ0) is 13.4. The van der Waals surface area contributed by atoms with Crippen LogP contribution in [0.15, 0.2) is 18.5 Å². The van der Waals surface area contributed by atoms with Crippen molar-refractivity contribution in [3.63, 3.8) is 0 Å². The number of carbonyl (C=O) groups is 1. The summed E-state index contributed by atoms with van der Waals surface area (Å²) in [6.07, 6.45) is 2.51. The summed E-state index contributed by atoms with van der Waals surface area (Å²) < 4.78 is 10.6. The predicted molar refractivity (Wildman–Crippen MR) is 68.6 cm³/mol. The number of ether oxygens (including phenoxy) is 2. The van der Waals surface area contributed by atoms with Gasteiger partial charge in [-0.2, -0.15) is 0 Å². The molecule has 1 aromatic rings. The Morgan fingerprint density at radius 2 is 2.11 bits per heavy atom. The molecule has 1 amide bonds. The fourth-order valence-electron chi connectivity index (χ4n) is 1.37. The van der Waals surface area contributed by atoms with Crippen LogP contribution >= 0.6 is 11.6 Å². The third-order valence-corrected chi connectivity index (χ3v) is 2.45. The van der Waals surface area contributed by atoms with Gasteiger partial charge < -0.3 is 14.8 Å². The summed E-state index contributed by atoms with van der Waals surface area (Å²) in [6.45, 7) is 5.06. The number of halogens is 1. The van der Waals surface area contributed by atoms with Crippen LogP contribution in [-0.4, -0.2) is 36.9 Å². The van der Waals surface area contributed by atoms with Crippen LogP contribution in [0.5, 0.6) is 0 Å². The van der Waals surface area contributed by atoms with Crippen molar-refractivity contribution in [2.45, 2.75) is 20.1 Å². The van der Waals surface area contributed by atoms with E-state index in [4.69, 9.17) is 21.1 Å². The lowest BCUT2D eigenvalue weighted by atomic mass is 10.2. The molecule has 1 rings (SSSR count). The first-order valence-corrected chi connectivity index (χ1v) is 6.17. The highest BCUT2D eigenvalue weighted by molar-refractivity contribution is 6.33. The van der Waals surface area contributed by atoms with Gasteiger partial charge in [-0.05, 0) is 19.9 Å². The first kappa shape index (κ1) is 14.9. The van der Waals surface area contributed by atoms with Gasteiger partial charge in [-0.25, -0.2) is 0 Å². The lowest BCUT2D eigenvalue weighted by molar-refractivity contribution is -0.131. The second-order valence-electron chi connectivity index (χ2n) is 3.41. The van der Waals surface area contributed by atoms with Gasteiger partial charge in [0.25, 0.3) is 5.91 Å². The van der Waals surface area contributed by atoms with Crippen LogP contribution in [0.2, 0.25) is 5.02 Å². The van der Waals surface area contributed by atoms with E-state index < -0.39 is 6.29 Å². The SMILES string of the molecule is CCOC(CNC(=O)c1ccncc1Cl)OCC. The molecule has 0 aliphatic carbocycles. The third-order valence-electron chi connectivity index (χ3n) is 2.15. The molecule has 6 heteroatoms. The van der Waals surface area contributed by atoms with Crippen molar-refractivity contribution in [3.8, 4) is 0 Å². The maximum atomic E-state index is 11.8. The van der Waals surface area contributed by atoms with Crippen molar-refractivity contribution in [3.05, 3.63) is 29.0 Å². The zero-order valence-corrected chi connectivity index (χ0v) is 11.2. The van der Waals surface area contributed by atoms with Crippen LogP contribution in [0.25, 0.3) is 0 Å². The number of hydrogen-bond donors (Lipinski definition) is 1. The Labute approximate surface area is 111 Å². The van der Waals surface area contributed by atoms with Crippen LogP contribution in [0.4, 0.5) is 0 Å². The van der Waals surface area contributed by atoms with E-state index in [1.54, 1.807) is 6.07 Å². The topological polar surface area (TPSA) is 60.5 Å². The summed E-state index contributed by atoms with van der Waals surface area (Å²) in [5.41, 5.74) is 0.387. The molecule has 100 valence electrons. The van der Waals surface area contributed by atoms with Crippen LogP contribution in [-0.2, 0) is 9.47 Å². The summed E-state index contributed by atoms with van der Waals surface area (Å²) in [4.78, 5) is 15.7. The minimum absolute atomic E-state index is 0.271. The van der Waals surface area contributed by atoms with Crippen molar-refractivity contribution in [2.75, 3.05) is 19.8 Å². The molecule has 0 aliphatic heterocycles. The highest BCUT2D eigenvalue weighted by atomic mass is 35.5. The van der Waals surface area contributed by atoms with Gasteiger partial charge >= 0.3 is 0 Å².